The summed E-state index contributed by atoms with van der Waals surface area (Å²) < 4.78 is 1.93. The first-order chi connectivity index (χ1) is 10.2. The molecule has 4 unspecified atom stereocenters. The highest BCUT2D eigenvalue weighted by Crippen LogP contribution is 2.50. The number of aromatic nitrogens is 2. The fourth-order valence-electron chi connectivity index (χ4n) is 4.76. The van der Waals surface area contributed by atoms with Gasteiger partial charge in [-0.25, -0.2) is 0 Å². The number of rotatable bonds is 4. The maximum atomic E-state index is 10.5. The molecule has 3 heteroatoms. The van der Waals surface area contributed by atoms with Gasteiger partial charge < -0.3 is 5.11 Å². The molecule has 2 fully saturated rings. The Morgan fingerprint density at radius 2 is 2.14 bits per heavy atom. The Kier molecular flexibility index (Phi) is 3.26. The molecule has 2 aliphatic carbocycles. The summed E-state index contributed by atoms with van der Waals surface area (Å²) in [4.78, 5) is 0. The van der Waals surface area contributed by atoms with E-state index in [1.54, 1.807) is 0 Å². The number of aliphatic hydroxyl groups excluding tert-OH is 1. The van der Waals surface area contributed by atoms with Gasteiger partial charge in [0, 0.05) is 18.9 Å². The fraction of sp³-hybridized carbons (Fsp3) is 0.611. The van der Waals surface area contributed by atoms with Crippen LogP contribution in [0, 0.1) is 17.8 Å². The number of hydrogen-bond acceptors (Lipinski definition) is 2. The molecular weight excluding hydrogens is 260 g/mol. The number of fused-ring (bicyclic) bond motifs is 3. The summed E-state index contributed by atoms with van der Waals surface area (Å²) in [5, 5.41) is 16.3. The average Bonchev–Trinajstić information content (AvgIpc) is 3.15. The molecule has 0 saturated heterocycles. The van der Waals surface area contributed by atoms with Gasteiger partial charge in [-0.2, -0.15) is 5.10 Å². The fourth-order valence-corrected chi connectivity index (χ4v) is 4.76. The molecular formula is C18H24N2O. The number of hydrogen-bond donors (Lipinski definition) is 1. The van der Waals surface area contributed by atoms with Crippen molar-refractivity contribution in [2.24, 2.45) is 24.8 Å². The number of para-hydroxylation sites is 1. The molecule has 2 bridgehead atoms. The van der Waals surface area contributed by atoms with Crippen LogP contribution < -0.4 is 0 Å². The minimum atomic E-state index is -0.243. The Bertz CT molecular complexity index is 648. The van der Waals surface area contributed by atoms with Gasteiger partial charge in [0.2, 0.25) is 0 Å². The molecule has 3 nitrogen and oxygen atoms in total. The highest BCUT2D eigenvalue weighted by atomic mass is 16.3. The summed E-state index contributed by atoms with van der Waals surface area (Å²) in [7, 11) is 1.98. The van der Waals surface area contributed by atoms with Crippen molar-refractivity contribution >= 4 is 10.9 Å². The maximum Gasteiger partial charge on any atom is 0.0728 e. The predicted octanol–water partition coefficient (Wildman–Crippen LogP) is 3.30. The minimum Gasteiger partial charge on any atom is -0.393 e. The van der Waals surface area contributed by atoms with Crippen LogP contribution in [-0.4, -0.2) is 21.0 Å². The molecule has 0 radical (unpaired) electrons. The van der Waals surface area contributed by atoms with Crippen LogP contribution >= 0.6 is 0 Å². The molecule has 2 saturated carbocycles. The molecule has 1 aromatic heterocycles. The van der Waals surface area contributed by atoms with E-state index in [-0.39, 0.29) is 6.10 Å². The van der Waals surface area contributed by atoms with Gasteiger partial charge >= 0.3 is 0 Å². The molecule has 1 N–H and O–H groups in total. The van der Waals surface area contributed by atoms with Gasteiger partial charge in [0.05, 0.1) is 17.3 Å². The molecule has 4 rings (SSSR count). The van der Waals surface area contributed by atoms with Crippen molar-refractivity contribution < 1.29 is 5.11 Å². The van der Waals surface area contributed by atoms with E-state index in [4.69, 9.17) is 0 Å². The van der Waals surface area contributed by atoms with Crippen molar-refractivity contribution in [2.75, 3.05) is 0 Å². The van der Waals surface area contributed by atoms with Crippen LogP contribution in [-0.2, 0) is 13.5 Å². The number of benzene rings is 1. The first-order valence-corrected chi connectivity index (χ1v) is 8.29. The third kappa shape index (κ3) is 2.38. The normalized spacial score (nSPS) is 29.3. The van der Waals surface area contributed by atoms with Crippen LogP contribution in [0.1, 0.15) is 37.8 Å². The molecule has 112 valence electrons. The monoisotopic (exact) mass is 284 g/mol. The standard InChI is InChI=1S/C18H24N2O/c1-20-18-5-3-2-4-16(18)17(19-20)11-15(21)10-14-9-12-6-7-13(14)8-12/h2-5,12-15,21H,6-11H2,1H3. The summed E-state index contributed by atoms with van der Waals surface area (Å²) in [5.41, 5.74) is 2.20. The van der Waals surface area contributed by atoms with Gasteiger partial charge in [-0.15, -0.1) is 0 Å². The highest BCUT2D eigenvalue weighted by Gasteiger charge is 2.39. The first kappa shape index (κ1) is 13.3. The molecule has 2 aromatic rings. The average molecular weight is 284 g/mol. The third-order valence-corrected chi connectivity index (χ3v) is 5.72. The zero-order chi connectivity index (χ0) is 14.4. The van der Waals surface area contributed by atoms with Crippen molar-refractivity contribution in [3.63, 3.8) is 0 Å². The van der Waals surface area contributed by atoms with E-state index >= 15 is 0 Å². The molecule has 0 aliphatic heterocycles. The van der Waals surface area contributed by atoms with Crippen molar-refractivity contribution in [2.45, 2.75) is 44.6 Å². The van der Waals surface area contributed by atoms with Crippen LogP contribution in [0.25, 0.3) is 10.9 Å². The SMILES string of the molecule is Cn1nc(CC(O)CC2CC3CCC2C3)c2ccccc21. The zero-order valence-corrected chi connectivity index (χ0v) is 12.7. The van der Waals surface area contributed by atoms with Crippen molar-refractivity contribution in [1.82, 2.24) is 9.78 Å². The summed E-state index contributed by atoms with van der Waals surface area (Å²) in [6.07, 6.45) is 7.01. The summed E-state index contributed by atoms with van der Waals surface area (Å²) in [6.45, 7) is 0. The van der Waals surface area contributed by atoms with Gasteiger partial charge in [-0.1, -0.05) is 24.6 Å². The Hall–Kier alpha value is -1.35. The Morgan fingerprint density at radius 3 is 2.90 bits per heavy atom. The van der Waals surface area contributed by atoms with Crippen molar-refractivity contribution in [3.8, 4) is 0 Å². The summed E-state index contributed by atoms with van der Waals surface area (Å²) >= 11 is 0. The Balaban J connectivity index is 1.47. The second kappa shape index (κ2) is 5.13. The summed E-state index contributed by atoms with van der Waals surface area (Å²) in [5.74, 6) is 2.61. The number of aliphatic hydroxyl groups is 1. The highest BCUT2D eigenvalue weighted by molar-refractivity contribution is 5.81. The Labute approximate surface area is 126 Å². The van der Waals surface area contributed by atoms with E-state index < -0.39 is 0 Å². The van der Waals surface area contributed by atoms with E-state index in [2.05, 4.69) is 23.3 Å². The van der Waals surface area contributed by atoms with Crippen LogP contribution in [0.2, 0.25) is 0 Å². The van der Waals surface area contributed by atoms with Crippen LogP contribution in [0.4, 0.5) is 0 Å². The van der Waals surface area contributed by atoms with Gasteiger partial charge in [-0.3, -0.25) is 4.68 Å². The van der Waals surface area contributed by atoms with Gasteiger partial charge in [0.15, 0.2) is 0 Å². The van der Waals surface area contributed by atoms with E-state index in [0.29, 0.717) is 6.42 Å². The molecule has 2 aliphatic rings. The predicted molar refractivity (Wildman–Crippen MR) is 84.0 cm³/mol. The van der Waals surface area contributed by atoms with Crippen molar-refractivity contribution in [1.29, 1.82) is 0 Å². The lowest BCUT2D eigenvalue weighted by molar-refractivity contribution is 0.124. The van der Waals surface area contributed by atoms with Gasteiger partial charge in [0.25, 0.3) is 0 Å². The smallest absolute Gasteiger partial charge is 0.0728 e. The topological polar surface area (TPSA) is 38.0 Å². The van der Waals surface area contributed by atoms with Gasteiger partial charge in [0.1, 0.15) is 0 Å². The Morgan fingerprint density at radius 1 is 1.29 bits per heavy atom. The molecule has 0 spiro atoms. The first-order valence-electron chi connectivity index (χ1n) is 8.29. The minimum absolute atomic E-state index is 0.243. The second-order valence-electron chi connectivity index (χ2n) is 7.12. The van der Waals surface area contributed by atoms with Crippen LogP contribution in [0.5, 0.6) is 0 Å². The van der Waals surface area contributed by atoms with Crippen LogP contribution in [0.3, 0.4) is 0 Å². The van der Waals surface area contributed by atoms with E-state index in [1.165, 1.54) is 31.1 Å². The quantitative estimate of drug-likeness (QED) is 0.935. The van der Waals surface area contributed by atoms with Crippen molar-refractivity contribution in [3.05, 3.63) is 30.0 Å². The third-order valence-electron chi connectivity index (χ3n) is 5.72. The molecule has 0 amide bonds. The molecule has 21 heavy (non-hydrogen) atoms. The molecule has 1 heterocycles. The lowest BCUT2D eigenvalue weighted by Crippen LogP contribution is -2.20. The number of aryl methyl sites for hydroxylation is 1. The molecule has 4 atom stereocenters. The van der Waals surface area contributed by atoms with Gasteiger partial charge in [-0.05, 0) is 49.5 Å². The van der Waals surface area contributed by atoms with E-state index in [0.717, 1.165) is 35.4 Å². The van der Waals surface area contributed by atoms with E-state index in [1.807, 2.05) is 17.8 Å². The van der Waals surface area contributed by atoms with Crippen LogP contribution in [0.15, 0.2) is 24.3 Å². The zero-order valence-electron chi connectivity index (χ0n) is 12.7. The maximum absolute atomic E-state index is 10.5. The molecule has 1 aromatic carbocycles. The lowest BCUT2D eigenvalue weighted by atomic mass is 9.84. The number of nitrogens with zero attached hydrogens (tertiary/aromatic N) is 2. The second-order valence-corrected chi connectivity index (χ2v) is 7.12. The largest absolute Gasteiger partial charge is 0.393 e. The van der Waals surface area contributed by atoms with E-state index in [9.17, 15) is 5.11 Å². The summed E-state index contributed by atoms with van der Waals surface area (Å²) in [6, 6.07) is 8.30. The lowest BCUT2D eigenvalue weighted by Gasteiger charge is -2.23.